The summed E-state index contributed by atoms with van der Waals surface area (Å²) in [4.78, 5) is 13.2. The lowest BCUT2D eigenvalue weighted by molar-refractivity contribution is 0.257. The van der Waals surface area contributed by atoms with E-state index in [1.807, 2.05) is 13.1 Å². The van der Waals surface area contributed by atoms with Gasteiger partial charge in [0.05, 0.1) is 0 Å². The van der Waals surface area contributed by atoms with Crippen molar-refractivity contribution < 1.29 is 0 Å². The monoisotopic (exact) mass is 250 g/mol. The summed E-state index contributed by atoms with van der Waals surface area (Å²) in [5.74, 6) is 6.84. The Balaban J connectivity index is 2.19. The van der Waals surface area contributed by atoms with Crippen LogP contribution in [0.2, 0.25) is 0 Å². The molecule has 1 aromatic heterocycles. The number of nitrogen functional groups attached to an aromatic ring is 1. The zero-order chi connectivity index (χ0) is 13.1. The molecule has 6 heteroatoms. The zero-order valence-corrected chi connectivity index (χ0v) is 11.3. The molecule has 1 saturated heterocycles. The van der Waals surface area contributed by atoms with Crippen molar-refractivity contribution in [2.75, 3.05) is 37.5 Å². The molecular weight excluding hydrogens is 228 g/mol. The lowest BCUT2D eigenvalue weighted by Crippen LogP contribution is -2.45. The number of nitrogens with two attached hydrogens (primary N) is 1. The van der Waals surface area contributed by atoms with Gasteiger partial charge in [-0.1, -0.05) is 0 Å². The third kappa shape index (κ3) is 2.70. The Morgan fingerprint density at radius 3 is 2.94 bits per heavy atom. The Morgan fingerprint density at radius 1 is 1.50 bits per heavy atom. The minimum absolute atomic E-state index is 0.475. The fourth-order valence-corrected chi connectivity index (χ4v) is 2.39. The Kier molecular flexibility index (Phi) is 3.98. The van der Waals surface area contributed by atoms with Gasteiger partial charge in [-0.15, -0.1) is 0 Å². The molecule has 0 spiro atoms. The van der Waals surface area contributed by atoms with Crippen LogP contribution in [0.5, 0.6) is 0 Å². The maximum atomic E-state index is 5.37. The summed E-state index contributed by atoms with van der Waals surface area (Å²) in [7, 11) is 4.27. The van der Waals surface area contributed by atoms with Crippen LogP contribution in [0.4, 0.5) is 11.8 Å². The molecule has 0 aromatic carbocycles. The molecule has 0 amide bonds. The minimum Gasteiger partial charge on any atom is -0.355 e. The quantitative estimate of drug-likeness (QED) is 0.605. The lowest BCUT2D eigenvalue weighted by Gasteiger charge is -2.37. The summed E-state index contributed by atoms with van der Waals surface area (Å²) >= 11 is 0. The smallest absolute Gasteiger partial charge is 0.239 e. The second-order valence-corrected chi connectivity index (χ2v) is 5.05. The highest BCUT2D eigenvalue weighted by atomic mass is 15.3. The molecule has 0 radical (unpaired) electrons. The van der Waals surface area contributed by atoms with Crippen molar-refractivity contribution in [3.63, 3.8) is 0 Å². The van der Waals surface area contributed by atoms with Gasteiger partial charge in [-0.2, -0.15) is 4.98 Å². The average Bonchev–Trinajstić information content (AvgIpc) is 2.39. The number of likely N-dealkylation sites (N-methyl/N-ethyl adjacent to an activating group) is 1. The molecule has 0 aliphatic carbocycles. The Bertz CT molecular complexity index is 406. The number of nitrogens with one attached hydrogen (secondary N) is 1. The van der Waals surface area contributed by atoms with E-state index in [4.69, 9.17) is 5.84 Å². The standard InChI is InChI=1S/C12H22N6/c1-9-7-14-12(16-13)15-11(9)18-6-4-5-10(8-18)17(2)3/h7,10H,4-6,8,13H2,1-3H3,(H,14,15,16). The fourth-order valence-electron chi connectivity index (χ4n) is 2.39. The van der Waals surface area contributed by atoms with Crippen LogP contribution in [0.25, 0.3) is 0 Å². The van der Waals surface area contributed by atoms with Crippen molar-refractivity contribution in [3.8, 4) is 0 Å². The molecule has 1 unspecified atom stereocenters. The molecule has 0 bridgehead atoms. The number of hydrogen-bond donors (Lipinski definition) is 2. The highest BCUT2D eigenvalue weighted by Gasteiger charge is 2.23. The third-order valence-electron chi connectivity index (χ3n) is 3.50. The molecule has 3 N–H and O–H groups in total. The van der Waals surface area contributed by atoms with Crippen LogP contribution < -0.4 is 16.2 Å². The Hall–Kier alpha value is -1.40. The highest BCUT2D eigenvalue weighted by molar-refractivity contribution is 5.49. The first-order valence-corrected chi connectivity index (χ1v) is 6.33. The predicted octanol–water partition coefficient (Wildman–Crippen LogP) is 0.601. The summed E-state index contributed by atoms with van der Waals surface area (Å²) in [5, 5.41) is 0. The Labute approximate surface area is 108 Å². The van der Waals surface area contributed by atoms with Crippen molar-refractivity contribution >= 4 is 11.8 Å². The van der Waals surface area contributed by atoms with E-state index < -0.39 is 0 Å². The van der Waals surface area contributed by atoms with Gasteiger partial charge in [-0.3, -0.25) is 5.43 Å². The lowest BCUT2D eigenvalue weighted by atomic mass is 10.0. The number of piperidine rings is 1. The van der Waals surface area contributed by atoms with Crippen LogP contribution in [-0.2, 0) is 0 Å². The van der Waals surface area contributed by atoms with Crippen molar-refractivity contribution in [3.05, 3.63) is 11.8 Å². The summed E-state index contributed by atoms with van der Waals surface area (Å²) in [6.07, 6.45) is 4.25. The van der Waals surface area contributed by atoms with Gasteiger partial charge in [0.15, 0.2) is 0 Å². The molecule has 1 atom stereocenters. The predicted molar refractivity (Wildman–Crippen MR) is 73.5 cm³/mol. The maximum Gasteiger partial charge on any atom is 0.239 e. The van der Waals surface area contributed by atoms with Crippen molar-refractivity contribution in [2.45, 2.75) is 25.8 Å². The molecule has 0 saturated carbocycles. The molecule has 2 rings (SSSR count). The number of rotatable bonds is 3. The van der Waals surface area contributed by atoms with Crippen molar-refractivity contribution in [1.29, 1.82) is 0 Å². The van der Waals surface area contributed by atoms with Crippen LogP contribution in [0.15, 0.2) is 6.20 Å². The number of hydrazine groups is 1. The molecule has 18 heavy (non-hydrogen) atoms. The molecule has 100 valence electrons. The van der Waals surface area contributed by atoms with Crippen molar-refractivity contribution in [1.82, 2.24) is 14.9 Å². The summed E-state index contributed by atoms with van der Waals surface area (Å²) < 4.78 is 0. The first-order chi connectivity index (χ1) is 8.61. The van der Waals surface area contributed by atoms with Crippen LogP contribution in [0.1, 0.15) is 18.4 Å². The van der Waals surface area contributed by atoms with Gasteiger partial charge in [0.2, 0.25) is 5.95 Å². The van der Waals surface area contributed by atoms with E-state index in [2.05, 4.69) is 39.3 Å². The van der Waals surface area contributed by atoms with Gasteiger partial charge in [0.1, 0.15) is 5.82 Å². The second kappa shape index (κ2) is 5.49. The maximum absolute atomic E-state index is 5.37. The van der Waals surface area contributed by atoms with Crippen molar-refractivity contribution in [2.24, 2.45) is 5.84 Å². The number of anilines is 2. The Morgan fingerprint density at radius 2 is 2.28 bits per heavy atom. The number of aryl methyl sites for hydroxylation is 1. The average molecular weight is 250 g/mol. The largest absolute Gasteiger partial charge is 0.355 e. The zero-order valence-electron chi connectivity index (χ0n) is 11.3. The molecule has 6 nitrogen and oxygen atoms in total. The molecule has 1 aliphatic heterocycles. The second-order valence-electron chi connectivity index (χ2n) is 5.05. The van der Waals surface area contributed by atoms with E-state index >= 15 is 0 Å². The topological polar surface area (TPSA) is 70.3 Å². The van der Waals surface area contributed by atoms with Gasteiger partial charge in [-0.25, -0.2) is 10.8 Å². The van der Waals surface area contributed by atoms with E-state index in [1.54, 1.807) is 0 Å². The van der Waals surface area contributed by atoms with Gasteiger partial charge < -0.3 is 9.80 Å². The van der Waals surface area contributed by atoms with Crippen LogP contribution in [0, 0.1) is 6.92 Å². The summed E-state index contributed by atoms with van der Waals surface area (Å²) in [5.41, 5.74) is 3.60. The number of nitrogens with zero attached hydrogens (tertiary/aromatic N) is 4. The van der Waals surface area contributed by atoms with E-state index in [0.29, 0.717) is 12.0 Å². The fraction of sp³-hybridized carbons (Fsp3) is 0.667. The van der Waals surface area contributed by atoms with E-state index in [0.717, 1.165) is 24.5 Å². The molecule has 1 aromatic rings. The first-order valence-electron chi connectivity index (χ1n) is 6.33. The van der Waals surface area contributed by atoms with Gasteiger partial charge >= 0.3 is 0 Å². The molecule has 1 aliphatic rings. The molecule has 1 fully saturated rings. The van der Waals surface area contributed by atoms with E-state index in [-0.39, 0.29) is 0 Å². The normalized spacial score (nSPS) is 20.3. The minimum atomic E-state index is 0.475. The molecular formula is C12H22N6. The van der Waals surface area contributed by atoms with E-state index in [1.165, 1.54) is 12.8 Å². The van der Waals surface area contributed by atoms with Gasteiger partial charge in [0.25, 0.3) is 0 Å². The van der Waals surface area contributed by atoms with E-state index in [9.17, 15) is 0 Å². The number of hydrogen-bond acceptors (Lipinski definition) is 6. The van der Waals surface area contributed by atoms with Crippen LogP contribution in [-0.4, -0.2) is 48.1 Å². The summed E-state index contributed by atoms with van der Waals surface area (Å²) in [6.45, 7) is 4.09. The third-order valence-corrected chi connectivity index (χ3v) is 3.50. The van der Waals surface area contributed by atoms with Gasteiger partial charge in [-0.05, 0) is 33.9 Å². The first kappa shape index (κ1) is 13.0. The van der Waals surface area contributed by atoms with Gasteiger partial charge in [0, 0.05) is 30.9 Å². The highest BCUT2D eigenvalue weighted by Crippen LogP contribution is 2.23. The number of aromatic nitrogens is 2. The van der Waals surface area contributed by atoms with Crippen LogP contribution in [0.3, 0.4) is 0 Å². The summed E-state index contributed by atoms with van der Waals surface area (Å²) in [6, 6.07) is 0.586. The SMILES string of the molecule is Cc1cnc(NN)nc1N1CCCC(N(C)C)C1. The molecule has 2 heterocycles. The van der Waals surface area contributed by atoms with Crippen LogP contribution >= 0.6 is 0 Å².